The van der Waals surface area contributed by atoms with Crippen LogP contribution in [-0.4, -0.2) is 60.2 Å². The van der Waals surface area contributed by atoms with Crippen LogP contribution in [0.2, 0.25) is 0 Å². The summed E-state index contributed by atoms with van der Waals surface area (Å²) >= 11 is 1.69. The number of anilines is 2. The highest BCUT2D eigenvalue weighted by molar-refractivity contribution is 7.17. The number of benzene rings is 2. The van der Waals surface area contributed by atoms with Gasteiger partial charge in [0.25, 0.3) is 0 Å². The first-order chi connectivity index (χ1) is 15.6. The Kier molecular flexibility index (Phi) is 5.68. The van der Waals surface area contributed by atoms with Gasteiger partial charge in [-0.25, -0.2) is 9.97 Å². The Hall–Kier alpha value is -3.16. The van der Waals surface area contributed by atoms with Gasteiger partial charge in [-0.1, -0.05) is 36.4 Å². The molecule has 6 nitrogen and oxygen atoms in total. The predicted molar refractivity (Wildman–Crippen MR) is 133 cm³/mol. The quantitative estimate of drug-likeness (QED) is 0.490. The van der Waals surface area contributed by atoms with Gasteiger partial charge in [0.2, 0.25) is 0 Å². The third kappa shape index (κ3) is 4.13. The summed E-state index contributed by atoms with van der Waals surface area (Å²) in [6.07, 6.45) is 0. The lowest BCUT2D eigenvalue weighted by atomic mass is 10.1. The van der Waals surface area contributed by atoms with Gasteiger partial charge >= 0.3 is 0 Å². The van der Waals surface area contributed by atoms with Gasteiger partial charge in [0.05, 0.1) is 11.9 Å². The first kappa shape index (κ1) is 20.7. The number of aromatic hydroxyl groups is 1. The number of phenols is 1. The van der Waals surface area contributed by atoms with Gasteiger partial charge in [0, 0.05) is 48.9 Å². The summed E-state index contributed by atoms with van der Waals surface area (Å²) in [5, 5.41) is 13.2. The molecular weight excluding hydrogens is 418 g/mol. The van der Waals surface area contributed by atoms with Crippen LogP contribution < -0.4 is 9.80 Å². The second-order valence-corrected chi connectivity index (χ2v) is 9.25. The third-order valence-electron chi connectivity index (χ3n) is 5.78. The normalized spacial score (nSPS) is 14.5. The molecular formula is C25H27N5OS. The minimum atomic E-state index is 0.307. The summed E-state index contributed by atoms with van der Waals surface area (Å²) in [7, 11) is 4.09. The van der Waals surface area contributed by atoms with Gasteiger partial charge in [-0.3, -0.25) is 0 Å². The molecule has 0 unspecified atom stereocenters. The number of phenolic OH excluding ortho intramolecular Hbond substituents is 1. The highest BCUT2D eigenvalue weighted by atomic mass is 32.1. The number of thiophene rings is 1. The van der Waals surface area contributed by atoms with E-state index < -0.39 is 0 Å². The van der Waals surface area contributed by atoms with Crippen LogP contribution in [0.15, 0.2) is 60.0 Å². The lowest BCUT2D eigenvalue weighted by molar-refractivity contribution is 0.391. The highest BCUT2D eigenvalue weighted by Crippen LogP contribution is 2.39. The highest BCUT2D eigenvalue weighted by Gasteiger charge is 2.24. The van der Waals surface area contributed by atoms with Crippen molar-refractivity contribution in [3.63, 3.8) is 0 Å². The number of nitrogens with zero attached hydrogens (tertiary/aromatic N) is 5. The topological polar surface area (TPSA) is 55.7 Å². The lowest BCUT2D eigenvalue weighted by Gasteiger charge is -2.37. The number of hydrogen-bond acceptors (Lipinski definition) is 7. The molecule has 0 radical (unpaired) electrons. The molecule has 2 aromatic heterocycles. The summed E-state index contributed by atoms with van der Waals surface area (Å²) in [4.78, 5) is 17.8. The van der Waals surface area contributed by atoms with Crippen molar-refractivity contribution in [1.82, 2.24) is 14.9 Å². The summed E-state index contributed by atoms with van der Waals surface area (Å²) in [6.45, 7) is 4.21. The smallest absolute Gasteiger partial charge is 0.146 e. The molecule has 1 aliphatic heterocycles. The Bertz CT molecular complexity index is 1220. The summed E-state index contributed by atoms with van der Waals surface area (Å²) < 4.78 is 0. The molecule has 0 amide bonds. The molecule has 7 heteroatoms. The molecule has 3 heterocycles. The van der Waals surface area contributed by atoms with Crippen LogP contribution in [0.4, 0.5) is 11.5 Å². The van der Waals surface area contributed by atoms with Gasteiger partial charge in [-0.05, 0) is 31.8 Å². The lowest BCUT2D eigenvalue weighted by Crippen LogP contribution is -2.47. The van der Waals surface area contributed by atoms with Crippen LogP contribution in [0.3, 0.4) is 0 Å². The van der Waals surface area contributed by atoms with E-state index in [4.69, 9.17) is 9.97 Å². The van der Waals surface area contributed by atoms with Crippen LogP contribution in [0.5, 0.6) is 5.75 Å². The SMILES string of the molecule is CN(C)Cc1nc(N2CCN(c3cccc(O)c3)CC2)c2c(-c3ccccc3)csc2n1. The first-order valence-electron chi connectivity index (χ1n) is 10.9. The largest absolute Gasteiger partial charge is 0.508 e. The van der Waals surface area contributed by atoms with E-state index >= 15 is 0 Å². The minimum Gasteiger partial charge on any atom is -0.508 e. The van der Waals surface area contributed by atoms with E-state index in [2.05, 4.69) is 50.4 Å². The van der Waals surface area contributed by atoms with E-state index in [9.17, 15) is 5.11 Å². The first-order valence-corrected chi connectivity index (χ1v) is 11.7. The molecule has 1 aliphatic rings. The maximum Gasteiger partial charge on any atom is 0.146 e. The molecule has 4 aromatic rings. The average molecular weight is 446 g/mol. The zero-order chi connectivity index (χ0) is 22.1. The molecule has 32 heavy (non-hydrogen) atoms. The fraction of sp³-hybridized carbons (Fsp3) is 0.280. The molecule has 0 atom stereocenters. The fourth-order valence-electron chi connectivity index (χ4n) is 4.25. The maximum atomic E-state index is 9.85. The Balaban J connectivity index is 1.51. The van der Waals surface area contributed by atoms with Gasteiger partial charge in [-0.15, -0.1) is 11.3 Å². The van der Waals surface area contributed by atoms with Crippen molar-refractivity contribution < 1.29 is 5.11 Å². The number of piperazine rings is 1. The molecule has 5 rings (SSSR count). The van der Waals surface area contributed by atoms with E-state index in [1.54, 1.807) is 17.4 Å². The Labute approximate surface area is 192 Å². The van der Waals surface area contributed by atoms with Crippen LogP contribution in [0, 0.1) is 0 Å². The zero-order valence-corrected chi connectivity index (χ0v) is 19.2. The summed E-state index contributed by atoms with van der Waals surface area (Å²) in [5.74, 6) is 2.19. The van der Waals surface area contributed by atoms with E-state index in [0.29, 0.717) is 12.3 Å². The van der Waals surface area contributed by atoms with E-state index in [0.717, 1.165) is 53.7 Å². The second-order valence-electron chi connectivity index (χ2n) is 8.39. The minimum absolute atomic E-state index is 0.307. The van der Waals surface area contributed by atoms with E-state index in [-0.39, 0.29) is 0 Å². The van der Waals surface area contributed by atoms with Crippen molar-refractivity contribution in [3.05, 3.63) is 65.8 Å². The number of hydrogen-bond donors (Lipinski definition) is 1. The van der Waals surface area contributed by atoms with Gasteiger partial charge < -0.3 is 19.8 Å². The molecule has 0 aliphatic carbocycles. The predicted octanol–water partition coefficient (Wildman–Crippen LogP) is 4.45. The van der Waals surface area contributed by atoms with Crippen molar-refractivity contribution in [2.75, 3.05) is 50.1 Å². The molecule has 1 fully saturated rings. The van der Waals surface area contributed by atoms with Gasteiger partial charge in [0.1, 0.15) is 22.2 Å². The van der Waals surface area contributed by atoms with E-state index in [1.165, 1.54) is 11.1 Å². The van der Waals surface area contributed by atoms with Gasteiger partial charge in [0.15, 0.2) is 0 Å². The Morgan fingerprint density at radius 2 is 1.69 bits per heavy atom. The van der Waals surface area contributed by atoms with Crippen molar-refractivity contribution >= 4 is 33.1 Å². The fourth-order valence-corrected chi connectivity index (χ4v) is 5.21. The molecule has 1 saturated heterocycles. The molecule has 164 valence electrons. The summed E-state index contributed by atoms with van der Waals surface area (Å²) in [5.41, 5.74) is 3.46. The molecule has 2 aromatic carbocycles. The maximum absolute atomic E-state index is 9.85. The zero-order valence-electron chi connectivity index (χ0n) is 18.4. The van der Waals surface area contributed by atoms with Crippen molar-refractivity contribution in [3.8, 4) is 16.9 Å². The standard InChI is InChI=1S/C25H27N5OS/c1-28(2)16-22-26-24(23-21(17-32-25(23)27-22)18-7-4-3-5-8-18)30-13-11-29(12-14-30)19-9-6-10-20(31)15-19/h3-10,15,17,31H,11-14,16H2,1-2H3. The van der Waals surface area contributed by atoms with Crippen molar-refractivity contribution in [2.45, 2.75) is 6.54 Å². The second kappa shape index (κ2) is 8.76. The van der Waals surface area contributed by atoms with Crippen LogP contribution in [0.1, 0.15) is 5.82 Å². The number of fused-ring (bicyclic) bond motifs is 1. The number of rotatable bonds is 5. The molecule has 0 bridgehead atoms. The molecule has 0 saturated carbocycles. The third-order valence-corrected chi connectivity index (χ3v) is 6.65. The van der Waals surface area contributed by atoms with Crippen LogP contribution in [0.25, 0.3) is 21.3 Å². The van der Waals surface area contributed by atoms with Crippen molar-refractivity contribution in [1.29, 1.82) is 0 Å². The van der Waals surface area contributed by atoms with Gasteiger partial charge in [-0.2, -0.15) is 0 Å². The number of aromatic nitrogens is 2. The van der Waals surface area contributed by atoms with E-state index in [1.807, 2.05) is 32.3 Å². The Morgan fingerprint density at radius 3 is 2.41 bits per heavy atom. The summed E-state index contributed by atoms with van der Waals surface area (Å²) in [6, 6.07) is 18.0. The monoisotopic (exact) mass is 445 g/mol. The molecule has 1 N–H and O–H groups in total. The van der Waals surface area contributed by atoms with Crippen LogP contribution >= 0.6 is 11.3 Å². The van der Waals surface area contributed by atoms with Crippen LogP contribution in [-0.2, 0) is 6.54 Å². The molecule has 0 spiro atoms. The van der Waals surface area contributed by atoms with Crippen molar-refractivity contribution in [2.24, 2.45) is 0 Å². The Morgan fingerprint density at radius 1 is 0.938 bits per heavy atom. The average Bonchev–Trinajstić information content (AvgIpc) is 3.23.